The van der Waals surface area contributed by atoms with E-state index in [9.17, 15) is 22.0 Å². The molecule has 0 radical (unpaired) electrons. The molecule has 1 heterocycles. The van der Waals surface area contributed by atoms with Crippen LogP contribution in [0.3, 0.4) is 0 Å². The van der Waals surface area contributed by atoms with E-state index in [1.807, 2.05) is 38.1 Å². The second kappa shape index (κ2) is 17.5. The van der Waals surface area contributed by atoms with Crippen LogP contribution >= 0.6 is 0 Å². The molecular formula is C37H43F5O6. The van der Waals surface area contributed by atoms with Gasteiger partial charge in [0.1, 0.15) is 29.1 Å². The Morgan fingerprint density at radius 2 is 0.833 bits per heavy atom. The number of rotatable bonds is 4. The predicted octanol–water partition coefficient (Wildman–Crippen LogP) is 9.67. The fourth-order valence-electron chi connectivity index (χ4n) is 4.75. The smallest absolute Gasteiger partial charge is 0.231 e. The first kappa shape index (κ1) is 39.5. The van der Waals surface area contributed by atoms with Crippen molar-refractivity contribution in [3.63, 3.8) is 0 Å². The van der Waals surface area contributed by atoms with Gasteiger partial charge in [-0.25, -0.2) is 22.0 Å². The highest BCUT2D eigenvalue weighted by molar-refractivity contribution is 5.55. The van der Waals surface area contributed by atoms with Crippen LogP contribution in [0.2, 0.25) is 0 Å². The van der Waals surface area contributed by atoms with Crippen LogP contribution in [0, 0.1) is 84.5 Å². The third kappa shape index (κ3) is 9.23. The summed E-state index contributed by atoms with van der Waals surface area (Å²) in [5.41, 5.74) is 2.94. The topological polar surface area (TPSA) is 55.4 Å². The molecular weight excluding hydrogens is 635 g/mol. The van der Waals surface area contributed by atoms with Crippen molar-refractivity contribution in [2.45, 2.75) is 55.4 Å². The molecule has 0 aromatic heterocycles. The summed E-state index contributed by atoms with van der Waals surface area (Å²) in [5.74, 6) is 0.981. The summed E-state index contributed by atoms with van der Waals surface area (Å²) in [4.78, 5) is 0. The van der Waals surface area contributed by atoms with E-state index in [4.69, 9.17) is 28.4 Å². The minimum Gasteiger partial charge on any atom is -0.493 e. The number of methoxy groups -OCH3 is 4. The lowest BCUT2D eigenvalue weighted by Gasteiger charge is -2.12. The third-order valence-electron chi connectivity index (χ3n) is 7.37. The number of ether oxygens (including phenoxy) is 6. The number of aryl methyl sites for hydroxylation is 4. The summed E-state index contributed by atoms with van der Waals surface area (Å²) in [6.45, 7) is 12.9. The van der Waals surface area contributed by atoms with Gasteiger partial charge in [0.2, 0.25) is 18.3 Å². The Labute approximate surface area is 279 Å². The molecule has 1 aliphatic rings. The number of hydrogen-bond donors (Lipinski definition) is 0. The van der Waals surface area contributed by atoms with Crippen LogP contribution < -0.4 is 28.4 Å². The van der Waals surface area contributed by atoms with Crippen molar-refractivity contribution in [3.05, 3.63) is 104 Å². The summed E-state index contributed by atoms with van der Waals surface area (Å²) in [6.07, 6.45) is 0. The quantitative estimate of drug-likeness (QED) is 0.201. The molecule has 11 heteroatoms. The van der Waals surface area contributed by atoms with Crippen LogP contribution in [0.4, 0.5) is 22.0 Å². The Hall–Kier alpha value is -4.67. The standard InChI is InChI=1S/C10H14O3.C9H9F3.C9H10F2.C9H10O3/c1-7-5-8(11-2)10(13-4)9(6-7)12-3;1-4-7(10)5(2)9(12)6(3)8(4)11;1-5-4-6(2)9(11)7(3)8(5)10;1-6-3-7(10-2)9-8(4-6)11-5-12-9/h5-6H,1-4H3;1-3H3;4H,1-3H3;3-4H,5H2,1-2H3. The summed E-state index contributed by atoms with van der Waals surface area (Å²) in [5, 5.41) is 0. The molecule has 48 heavy (non-hydrogen) atoms. The van der Waals surface area contributed by atoms with Crippen LogP contribution in [0.25, 0.3) is 0 Å². The fourth-order valence-corrected chi connectivity index (χ4v) is 4.75. The summed E-state index contributed by atoms with van der Waals surface area (Å²) < 4.78 is 95.8. The Morgan fingerprint density at radius 3 is 1.23 bits per heavy atom. The predicted molar refractivity (Wildman–Crippen MR) is 176 cm³/mol. The van der Waals surface area contributed by atoms with Crippen molar-refractivity contribution in [2.24, 2.45) is 0 Å². The molecule has 4 aromatic rings. The molecule has 0 saturated heterocycles. The normalized spacial score (nSPS) is 10.9. The number of halogens is 5. The van der Waals surface area contributed by atoms with Gasteiger partial charge in [0.25, 0.3) is 0 Å². The van der Waals surface area contributed by atoms with E-state index in [0.717, 1.165) is 22.6 Å². The van der Waals surface area contributed by atoms with Crippen molar-refractivity contribution in [1.29, 1.82) is 0 Å². The molecule has 0 atom stereocenters. The van der Waals surface area contributed by atoms with Crippen LogP contribution in [0.15, 0.2) is 30.3 Å². The van der Waals surface area contributed by atoms with Gasteiger partial charge in [0, 0.05) is 22.3 Å². The zero-order valence-electron chi connectivity index (χ0n) is 29.4. The van der Waals surface area contributed by atoms with Gasteiger partial charge in [-0.2, -0.15) is 0 Å². The molecule has 5 rings (SSSR count). The van der Waals surface area contributed by atoms with Crippen LogP contribution in [0.5, 0.6) is 34.5 Å². The lowest BCUT2D eigenvalue weighted by molar-refractivity contribution is 0.171. The van der Waals surface area contributed by atoms with Crippen molar-refractivity contribution < 1.29 is 50.4 Å². The Morgan fingerprint density at radius 1 is 0.458 bits per heavy atom. The first-order valence-electron chi connectivity index (χ1n) is 14.8. The molecule has 0 saturated carbocycles. The number of fused-ring (bicyclic) bond motifs is 1. The van der Waals surface area contributed by atoms with Crippen LogP contribution in [0.1, 0.15) is 44.5 Å². The molecule has 262 valence electrons. The van der Waals surface area contributed by atoms with Gasteiger partial charge in [0.15, 0.2) is 23.0 Å². The Balaban J connectivity index is 0.000000223. The summed E-state index contributed by atoms with van der Waals surface area (Å²) >= 11 is 0. The Kier molecular flexibility index (Phi) is 14.4. The molecule has 1 aliphatic heterocycles. The van der Waals surface area contributed by atoms with Gasteiger partial charge in [0.05, 0.1) is 28.4 Å². The average molecular weight is 679 g/mol. The third-order valence-corrected chi connectivity index (χ3v) is 7.37. The van der Waals surface area contributed by atoms with Gasteiger partial charge in [-0.3, -0.25) is 0 Å². The van der Waals surface area contributed by atoms with E-state index in [1.54, 1.807) is 42.3 Å². The van der Waals surface area contributed by atoms with E-state index >= 15 is 0 Å². The molecule has 6 nitrogen and oxygen atoms in total. The van der Waals surface area contributed by atoms with Crippen molar-refractivity contribution in [3.8, 4) is 34.5 Å². The van der Waals surface area contributed by atoms with E-state index < -0.39 is 29.1 Å². The maximum atomic E-state index is 13.0. The lowest BCUT2D eigenvalue weighted by Crippen LogP contribution is -2.01. The van der Waals surface area contributed by atoms with Gasteiger partial charge in [-0.05, 0) is 102 Å². The molecule has 0 amide bonds. The first-order chi connectivity index (χ1) is 22.5. The van der Waals surface area contributed by atoms with Crippen molar-refractivity contribution >= 4 is 0 Å². The minimum absolute atomic E-state index is 0.113. The summed E-state index contributed by atoms with van der Waals surface area (Å²) in [6, 6.07) is 9.18. The van der Waals surface area contributed by atoms with Gasteiger partial charge >= 0.3 is 0 Å². The summed E-state index contributed by atoms with van der Waals surface area (Å²) in [7, 11) is 6.43. The second-order valence-electron chi connectivity index (χ2n) is 11.0. The molecule has 0 bridgehead atoms. The largest absolute Gasteiger partial charge is 0.493 e. The number of hydrogen-bond acceptors (Lipinski definition) is 6. The fraction of sp³-hybridized carbons (Fsp3) is 0.351. The van der Waals surface area contributed by atoms with Gasteiger partial charge in [-0.1, -0.05) is 6.07 Å². The zero-order valence-corrected chi connectivity index (χ0v) is 29.4. The maximum absolute atomic E-state index is 13.0. The van der Waals surface area contributed by atoms with Gasteiger partial charge < -0.3 is 28.4 Å². The van der Waals surface area contributed by atoms with E-state index in [-0.39, 0.29) is 29.0 Å². The molecule has 0 unspecified atom stereocenters. The van der Waals surface area contributed by atoms with E-state index in [1.165, 1.54) is 33.8 Å². The molecule has 0 aliphatic carbocycles. The Bertz CT molecular complexity index is 1580. The molecule has 0 N–H and O–H groups in total. The molecule has 0 spiro atoms. The SMILES string of the molecule is COc1cc(C)cc(OC)c1OC.COc1cc(C)cc2c1OCO2.Cc1c(F)c(C)c(F)c(C)c1F.Cc1cc(C)c(F)c(C)c1F. The average Bonchev–Trinajstić information content (AvgIpc) is 3.55. The van der Waals surface area contributed by atoms with Crippen LogP contribution in [-0.4, -0.2) is 35.2 Å². The van der Waals surface area contributed by atoms with E-state index in [0.29, 0.717) is 34.1 Å². The monoisotopic (exact) mass is 678 g/mol. The maximum Gasteiger partial charge on any atom is 0.231 e. The van der Waals surface area contributed by atoms with E-state index in [2.05, 4.69) is 0 Å². The lowest BCUT2D eigenvalue weighted by atomic mass is 10.1. The zero-order chi connectivity index (χ0) is 36.5. The highest BCUT2D eigenvalue weighted by Crippen LogP contribution is 2.41. The van der Waals surface area contributed by atoms with Crippen molar-refractivity contribution in [1.82, 2.24) is 0 Å². The van der Waals surface area contributed by atoms with Gasteiger partial charge in [-0.15, -0.1) is 0 Å². The highest BCUT2D eigenvalue weighted by Gasteiger charge is 2.19. The molecule has 4 aromatic carbocycles. The minimum atomic E-state index is -0.796. The van der Waals surface area contributed by atoms with Crippen LogP contribution in [-0.2, 0) is 0 Å². The second-order valence-corrected chi connectivity index (χ2v) is 11.0. The first-order valence-corrected chi connectivity index (χ1v) is 14.8. The highest BCUT2D eigenvalue weighted by atomic mass is 19.2. The van der Waals surface area contributed by atoms with Crippen molar-refractivity contribution in [2.75, 3.05) is 35.2 Å². The number of benzene rings is 4. The molecule has 0 fully saturated rings.